The summed E-state index contributed by atoms with van der Waals surface area (Å²) >= 11 is 18.9. The van der Waals surface area contributed by atoms with Crippen molar-refractivity contribution in [1.82, 2.24) is 0 Å². The highest BCUT2D eigenvalue weighted by atomic mass is 79.9. The predicted octanol–water partition coefficient (Wildman–Crippen LogP) is 6.27. The molecule has 0 aliphatic carbocycles. The van der Waals surface area contributed by atoms with Crippen molar-refractivity contribution in [2.24, 2.45) is 0 Å². The van der Waals surface area contributed by atoms with E-state index in [1.54, 1.807) is 18.2 Å². The summed E-state index contributed by atoms with van der Waals surface area (Å²) in [5, 5.41) is 4.12. The second-order valence-electron chi connectivity index (χ2n) is 3.83. The van der Waals surface area contributed by atoms with E-state index in [0.29, 0.717) is 22.3 Å². The third kappa shape index (κ3) is 3.85. The summed E-state index contributed by atoms with van der Waals surface area (Å²) in [4.78, 5) is 0. The molecule has 0 unspecified atom stereocenters. The molecule has 2 rings (SSSR count). The Morgan fingerprint density at radius 3 is 2.32 bits per heavy atom. The summed E-state index contributed by atoms with van der Waals surface area (Å²) in [6.07, 6.45) is 0. The molecule has 100 valence electrons. The molecule has 0 saturated heterocycles. The summed E-state index contributed by atoms with van der Waals surface area (Å²) < 4.78 is 14.8. The molecule has 0 bridgehead atoms. The second kappa shape index (κ2) is 6.44. The average molecular weight is 428 g/mol. The summed E-state index contributed by atoms with van der Waals surface area (Å²) in [6.45, 7) is 0.416. The molecule has 1 N–H and O–H groups in total. The second-order valence-corrected chi connectivity index (χ2v) is 6.42. The topological polar surface area (TPSA) is 12.0 Å². The Labute approximate surface area is 137 Å². The van der Waals surface area contributed by atoms with Crippen LogP contribution in [0.5, 0.6) is 0 Å². The van der Waals surface area contributed by atoms with E-state index in [1.807, 2.05) is 0 Å². The zero-order chi connectivity index (χ0) is 14.0. The maximum absolute atomic E-state index is 13.2. The molecule has 0 amide bonds. The number of halogens is 5. The van der Waals surface area contributed by atoms with Crippen molar-refractivity contribution < 1.29 is 4.39 Å². The molecule has 2 aromatic rings. The Balaban J connectivity index is 2.21. The average Bonchev–Trinajstić information content (AvgIpc) is 2.32. The van der Waals surface area contributed by atoms with Gasteiger partial charge in [0.2, 0.25) is 0 Å². The minimum Gasteiger partial charge on any atom is -0.379 e. The first-order chi connectivity index (χ1) is 8.97. The van der Waals surface area contributed by atoms with Gasteiger partial charge in [0, 0.05) is 15.5 Å². The van der Waals surface area contributed by atoms with Gasteiger partial charge in [0.1, 0.15) is 5.82 Å². The Bertz CT molecular complexity index is 597. The van der Waals surface area contributed by atoms with E-state index in [2.05, 4.69) is 37.2 Å². The number of anilines is 1. The van der Waals surface area contributed by atoms with Gasteiger partial charge < -0.3 is 5.32 Å². The Morgan fingerprint density at radius 2 is 1.68 bits per heavy atom. The monoisotopic (exact) mass is 425 g/mol. The first kappa shape index (κ1) is 15.1. The van der Waals surface area contributed by atoms with Gasteiger partial charge in [-0.05, 0) is 35.9 Å². The van der Waals surface area contributed by atoms with Gasteiger partial charge in [-0.25, -0.2) is 4.39 Å². The number of hydrogen-bond donors (Lipinski definition) is 1. The van der Waals surface area contributed by atoms with Gasteiger partial charge in [-0.15, -0.1) is 0 Å². The largest absolute Gasteiger partial charge is 0.379 e. The zero-order valence-electron chi connectivity index (χ0n) is 9.48. The highest BCUT2D eigenvalue weighted by molar-refractivity contribution is 9.10. The van der Waals surface area contributed by atoms with Crippen LogP contribution in [0.25, 0.3) is 0 Å². The predicted molar refractivity (Wildman–Crippen MR) is 85.6 cm³/mol. The fraction of sp³-hybridized carbons (Fsp3) is 0.0769. The van der Waals surface area contributed by atoms with Crippen LogP contribution in [0, 0.1) is 5.82 Å². The van der Waals surface area contributed by atoms with Gasteiger partial charge in [0.05, 0.1) is 15.7 Å². The molecule has 19 heavy (non-hydrogen) atoms. The normalized spacial score (nSPS) is 10.6. The van der Waals surface area contributed by atoms with E-state index in [0.717, 1.165) is 14.5 Å². The Kier molecular flexibility index (Phi) is 5.12. The fourth-order valence-corrected chi connectivity index (χ4v) is 3.30. The van der Waals surface area contributed by atoms with Crippen LogP contribution in [0.1, 0.15) is 5.56 Å². The quantitative estimate of drug-likeness (QED) is 0.608. The van der Waals surface area contributed by atoms with Gasteiger partial charge >= 0.3 is 0 Å². The van der Waals surface area contributed by atoms with Crippen molar-refractivity contribution in [3.63, 3.8) is 0 Å². The van der Waals surface area contributed by atoms with Crippen molar-refractivity contribution in [2.45, 2.75) is 6.54 Å². The summed E-state index contributed by atoms with van der Waals surface area (Å²) in [5.41, 5.74) is 1.41. The van der Waals surface area contributed by atoms with Crippen LogP contribution in [-0.2, 0) is 6.54 Å². The highest BCUT2D eigenvalue weighted by Gasteiger charge is 2.08. The van der Waals surface area contributed by atoms with Crippen LogP contribution < -0.4 is 5.32 Å². The first-order valence-corrected chi connectivity index (χ1v) is 7.64. The number of nitrogens with one attached hydrogen (secondary N) is 1. The highest BCUT2D eigenvalue weighted by Crippen LogP contribution is 2.34. The molecular formula is C13H8Br2Cl2FN. The lowest BCUT2D eigenvalue weighted by atomic mass is 10.2. The van der Waals surface area contributed by atoms with Crippen molar-refractivity contribution in [1.29, 1.82) is 0 Å². The fourth-order valence-electron chi connectivity index (χ4n) is 1.57. The molecule has 0 saturated carbocycles. The van der Waals surface area contributed by atoms with Crippen LogP contribution >= 0.6 is 55.1 Å². The van der Waals surface area contributed by atoms with E-state index >= 15 is 0 Å². The molecule has 6 heteroatoms. The number of rotatable bonds is 3. The third-order valence-corrected chi connectivity index (χ3v) is 4.30. The maximum Gasteiger partial charge on any atom is 0.123 e. The smallest absolute Gasteiger partial charge is 0.123 e. The first-order valence-electron chi connectivity index (χ1n) is 5.29. The summed E-state index contributed by atoms with van der Waals surface area (Å²) in [6, 6.07) is 8.01. The van der Waals surface area contributed by atoms with Crippen molar-refractivity contribution in [2.75, 3.05) is 5.32 Å². The van der Waals surface area contributed by atoms with Crippen molar-refractivity contribution in [3.8, 4) is 0 Å². The van der Waals surface area contributed by atoms with Crippen LogP contribution in [0.15, 0.2) is 39.3 Å². The lowest BCUT2D eigenvalue weighted by Crippen LogP contribution is -2.02. The van der Waals surface area contributed by atoms with E-state index in [-0.39, 0.29) is 5.82 Å². The zero-order valence-corrected chi connectivity index (χ0v) is 14.2. The van der Waals surface area contributed by atoms with Gasteiger partial charge in [-0.1, -0.05) is 55.1 Å². The van der Waals surface area contributed by atoms with Gasteiger partial charge in [-0.3, -0.25) is 0 Å². The maximum atomic E-state index is 13.2. The molecule has 2 aromatic carbocycles. The lowest BCUT2D eigenvalue weighted by molar-refractivity contribution is 0.625. The molecule has 0 aliphatic heterocycles. The van der Waals surface area contributed by atoms with Crippen LogP contribution in [-0.4, -0.2) is 0 Å². The molecule has 1 nitrogen and oxygen atoms in total. The van der Waals surface area contributed by atoms with Crippen LogP contribution in [0.4, 0.5) is 10.1 Å². The molecule has 0 atom stereocenters. The minimum atomic E-state index is -0.284. The molecule has 0 spiro atoms. The van der Waals surface area contributed by atoms with Crippen molar-refractivity contribution in [3.05, 3.63) is 60.7 Å². The van der Waals surface area contributed by atoms with E-state index in [1.165, 1.54) is 12.1 Å². The molecule has 0 radical (unpaired) electrons. The van der Waals surface area contributed by atoms with Gasteiger partial charge in [0.15, 0.2) is 0 Å². The van der Waals surface area contributed by atoms with Crippen LogP contribution in [0.3, 0.4) is 0 Å². The third-order valence-electron chi connectivity index (χ3n) is 2.47. The molecular weight excluding hydrogens is 420 g/mol. The van der Waals surface area contributed by atoms with Crippen LogP contribution in [0.2, 0.25) is 10.0 Å². The summed E-state index contributed by atoms with van der Waals surface area (Å²) in [5.74, 6) is -0.284. The number of benzene rings is 2. The van der Waals surface area contributed by atoms with Crippen molar-refractivity contribution >= 4 is 60.7 Å². The molecule has 0 fully saturated rings. The Morgan fingerprint density at radius 1 is 1.05 bits per heavy atom. The molecule has 0 aromatic heterocycles. The molecule has 0 aliphatic rings. The summed E-state index contributed by atoms with van der Waals surface area (Å²) in [7, 11) is 0. The van der Waals surface area contributed by atoms with E-state index in [4.69, 9.17) is 23.2 Å². The van der Waals surface area contributed by atoms with Gasteiger partial charge in [0.25, 0.3) is 0 Å². The van der Waals surface area contributed by atoms with E-state index < -0.39 is 0 Å². The number of hydrogen-bond acceptors (Lipinski definition) is 1. The Hall–Kier alpha value is -0.290. The standard InChI is InChI=1S/C13H8Br2Cl2FN/c14-8-4-11(16)13(12(17)5-8)19-6-7-3-9(18)1-2-10(7)15/h1-5,19H,6H2. The van der Waals surface area contributed by atoms with E-state index in [9.17, 15) is 4.39 Å². The SMILES string of the molecule is Fc1ccc(Br)c(CNc2c(Cl)cc(Br)cc2Cl)c1. The molecule has 0 heterocycles. The minimum absolute atomic E-state index is 0.284. The van der Waals surface area contributed by atoms with Gasteiger partial charge in [-0.2, -0.15) is 0 Å². The lowest BCUT2D eigenvalue weighted by Gasteiger charge is -2.12.